The fourth-order valence-electron chi connectivity index (χ4n) is 6.08. The number of primary amides is 1. The summed E-state index contributed by atoms with van der Waals surface area (Å²) in [6.07, 6.45) is 2.27. The molecule has 7 nitrogen and oxygen atoms in total. The Labute approximate surface area is 251 Å². The predicted octanol–water partition coefficient (Wildman–Crippen LogP) is 4.75. The number of aromatic nitrogens is 1. The normalized spacial score (nSPS) is 17.0. The number of para-hydroxylation sites is 1. The summed E-state index contributed by atoms with van der Waals surface area (Å²) in [5.41, 5.74) is 9.80. The maximum atomic E-state index is 14.1. The van der Waals surface area contributed by atoms with Crippen molar-refractivity contribution in [3.05, 3.63) is 106 Å². The van der Waals surface area contributed by atoms with Gasteiger partial charge in [-0.2, -0.15) is 0 Å². The number of amides is 3. The first-order valence-electron chi connectivity index (χ1n) is 14.5. The molecular formula is C34H37ClN4O3. The van der Waals surface area contributed by atoms with Gasteiger partial charge in [-0.05, 0) is 60.1 Å². The Hall–Kier alpha value is -4.10. The van der Waals surface area contributed by atoms with Gasteiger partial charge >= 0.3 is 0 Å². The fraction of sp³-hybridized carbons (Fsp3) is 0.324. The molecule has 3 amide bonds. The Balaban J connectivity index is 1.50. The molecule has 1 aliphatic carbocycles. The summed E-state index contributed by atoms with van der Waals surface area (Å²) in [7, 11) is 0. The molecule has 0 saturated carbocycles. The van der Waals surface area contributed by atoms with Crippen LogP contribution in [0.2, 0.25) is 5.02 Å². The number of halogens is 1. The number of nitrogens with one attached hydrogen (secondary N) is 2. The van der Waals surface area contributed by atoms with Crippen LogP contribution in [0.3, 0.4) is 0 Å². The maximum absolute atomic E-state index is 14.1. The highest BCUT2D eigenvalue weighted by molar-refractivity contribution is 6.30. The van der Waals surface area contributed by atoms with Gasteiger partial charge in [-0.25, -0.2) is 0 Å². The number of hydrogen-bond donors (Lipinski definition) is 3. The number of carbonyl (C=O) groups is 3. The monoisotopic (exact) mass is 584 g/mol. The van der Waals surface area contributed by atoms with Gasteiger partial charge in [0.1, 0.15) is 11.6 Å². The first-order chi connectivity index (χ1) is 20.2. The minimum atomic E-state index is -1.24. The molecule has 2 atom stereocenters. The molecule has 0 saturated heterocycles. The minimum Gasteiger partial charge on any atom is -0.368 e. The van der Waals surface area contributed by atoms with Gasteiger partial charge in [-0.3, -0.25) is 14.4 Å². The summed E-state index contributed by atoms with van der Waals surface area (Å²) < 4.78 is 2.36. The van der Waals surface area contributed by atoms with Gasteiger partial charge in [0.15, 0.2) is 0 Å². The minimum absolute atomic E-state index is 0.0985. The lowest BCUT2D eigenvalue weighted by atomic mass is 9.78. The van der Waals surface area contributed by atoms with E-state index in [4.69, 9.17) is 17.3 Å². The van der Waals surface area contributed by atoms with E-state index in [1.165, 1.54) is 11.3 Å². The van der Waals surface area contributed by atoms with E-state index < -0.39 is 23.4 Å². The van der Waals surface area contributed by atoms with E-state index in [2.05, 4.69) is 51.6 Å². The van der Waals surface area contributed by atoms with Gasteiger partial charge < -0.3 is 20.9 Å². The van der Waals surface area contributed by atoms with Crippen LogP contribution in [0, 0.1) is 5.92 Å². The number of nitrogens with zero attached hydrogens (tertiary/aromatic N) is 1. The average Bonchev–Trinajstić information content (AvgIpc) is 3.28. The predicted molar refractivity (Wildman–Crippen MR) is 166 cm³/mol. The van der Waals surface area contributed by atoms with Crippen molar-refractivity contribution in [1.82, 2.24) is 15.2 Å². The number of carbonyl (C=O) groups excluding carboxylic acids is 3. The fourth-order valence-corrected chi connectivity index (χ4v) is 6.20. The third-order valence-corrected chi connectivity index (χ3v) is 8.53. The van der Waals surface area contributed by atoms with E-state index in [1.54, 1.807) is 24.3 Å². The molecule has 0 bridgehead atoms. The van der Waals surface area contributed by atoms with E-state index in [-0.39, 0.29) is 18.2 Å². The molecule has 4 N–H and O–H groups in total. The van der Waals surface area contributed by atoms with Crippen molar-refractivity contribution in [3.63, 3.8) is 0 Å². The van der Waals surface area contributed by atoms with Crippen molar-refractivity contribution in [2.75, 3.05) is 0 Å². The molecule has 1 aliphatic rings. The van der Waals surface area contributed by atoms with Crippen LogP contribution in [0.1, 0.15) is 42.7 Å². The van der Waals surface area contributed by atoms with Crippen LogP contribution in [0.25, 0.3) is 10.9 Å². The van der Waals surface area contributed by atoms with Crippen LogP contribution in [-0.2, 0) is 46.6 Å². The Morgan fingerprint density at radius 1 is 0.952 bits per heavy atom. The zero-order chi connectivity index (χ0) is 29.9. The summed E-state index contributed by atoms with van der Waals surface area (Å²) in [5.74, 6) is -1.47. The summed E-state index contributed by atoms with van der Waals surface area (Å²) in [6.45, 7) is 4.47. The molecule has 3 aromatic carbocycles. The molecule has 0 radical (unpaired) electrons. The summed E-state index contributed by atoms with van der Waals surface area (Å²) in [4.78, 5) is 39.8. The van der Waals surface area contributed by atoms with Crippen molar-refractivity contribution in [3.8, 4) is 0 Å². The second-order valence-corrected chi connectivity index (χ2v) is 12.0. The molecule has 0 unspecified atom stereocenters. The maximum Gasteiger partial charge on any atom is 0.246 e. The third kappa shape index (κ3) is 6.21. The topological polar surface area (TPSA) is 106 Å². The Bertz CT molecular complexity index is 1600. The molecule has 1 heterocycles. The van der Waals surface area contributed by atoms with E-state index >= 15 is 0 Å². The van der Waals surface area contributed by atoms with Crippen molar-refractivity contribution in [2.45, 2.75) is 64.1 Å². The molecule has 42 heavy (non-hydrogen) atoms. The largest absolute Gasteiger partial charge is 0.368 e. The number of fused-ring (bicyclic) bond motifs is 3. The Kier molecular flexibility index (Phi) is 8.69. The number of benzene rings is 3. The van der Waals surface area contributed by atoms with Gasteiger partial charge in [0.2, 0.25) is 17.7 Å². The lowest BCUT2D eigenvalue weighted by molar-refractivity contribution is -0.136. The number of rotatable bonds is 10. The Morgan fingerprint density at radius 2 is 1.64 bits per heavy atom. The molecule has 4 aromatic rings. The lowest BCUT2D eigenvalue weighted by Crippen LogP contribution is -2.64. The van der Waals surface area contributed by atoms with E-state index in [0.29, 0.717) is 24.3 Å². The number of hydrogen-bond acceptors (Lipinski definition) is 3. The Morgan fingerprint density at radius 3 is 2.33 bits per heavy atom. The lowest BCUT2D eigenvalue weighted by Gasteiger charge is -2.38. The van der Waals surface area contributed by atoms with E-state index in [0.717, 1.165) is 35.0 Å². The van der Waals surface area contributed by atoms with Gasteiger partial charge in [0.05, 0.1) is 6.42 Å². The highest BCUT2D eigenvalue weighted by Gasteiger charge is 2.45. The standard InChI is InChI=1S/C34H37ClN4O3/c1-22(2)31(32(36)41)37-33(42)34(38-30(40)20-24-12-14-25(35)15-13-24)18-16-29-27(21-34)26-10-6-7-11-28(26)39(29)19-17-23-8-4-3-5-9-23/h3-15,22,31H,16-21H2,1-2H3,(H2,36,41)(H,37,42)(H,38,40)/t31-,34-/m0/s1. The summed E-state index contributed by atoms with van der Waals surface area (Å²) >= 11 is 6.03. The van der Waals surface area contributed by atoms with Crippen molar-refractivity contribution < 1.29 is 14.4 Å². The highest BCUT2D eigenvalue weighted by Crippen LogP contribution is 2.37. The molecule has 0 fully saturated rings. The zero-order valence-corrected chi connectivity index (χ0v) is 24.8. The van der Waals surface area contributed by atoms with E-state index in [1.807, 2.05) is 32.0 Å². The molecule has 1 aromatic heterocycles. The van der Waals surface area contributed by atoms with Crippen LogP contribution in [0.15, 0.2) is 78.9 Å². The smallest absolute Gasteiger partial charge is 0.246 e. The van der Waals surface area contributed by atoms with Crippen molar-refractivity contribution >= 4 is 40.2 Å². The van der Waals surface area contributed by atoms with Crippen LogP contribution in [0.5, 0.6) is 0 Å². The molecule has 218 valence electrons. The highest BCUT2D eigenvalue weighted by atomic mass is 35.5. The second-order valence-electron chi connectivity index (χ2n) is 11.5. The molecule has 8 heteroatoms. The molecule has 5 rings (SSSR count). The van der Waals surface area contributed by atoms with Gasteiger partial charge in [0, 0.05) is 34.6 Å². The first-order valence-corrected chi connectivity index (χ1v) is 14.8. The van der Waals surface area contributed by atoms with Gasteiger partial charge in [-0.15, -0.1) is 0 Å². The SMILES string of the molecule is CC(C)[C@H](NC(=O)[C@]1(NC(=O)Cc2ccc(Cl)cc2)CCc2c(c3ccccc3n2CCc2ccccc2)C1)C(N)=O. The van der Waals surface area contributed by atoms with Gasteiger partial charge in [-0.1, -0.05) is 86.1 Å². The van der Waals surface area contributed by atoms with Crippen LogP contribution >= 0.6 is 11.6 Å². The number of aryl methyl sites for hydroxylation is 2. The van der Waals surface area contributed by atoms with Crippen molar-refractivity contribution in [1.29, 1.82) is 0 Å². The average molecular weight is 585 g/mol. The first kappa shape index (κ1) is 29.4. The number of nitrogens with two attached hydrogens (primary N) is 1. The van der Waals surface area contributed by atoms with E-state index in [9.17, 15) is 14.4 Å². The molecule has 0 aliphatic heterocycles. The summed E-state index contributed by atoms with van der Waals surface area (Å²) in [6, 6.07) is 24.8. The van der Waals surface area contributed by atoms with Crippen molar-refractivity contribution in [2.24, 2.45) is 11.7 Å². The van der Waals surface area contributed by atoms with Gasteiger partial charge in [0.25, 0.3) is 0 Å². The third-order valence-electron chi connectivity index (χ3n) is 8.28. The van der Waals surface area contributed by atoms with Crippen LogP contribution in [-0.4, -0.2) is 33.9 Å². The zero-order valence-electron chi connectivity index (χ0n) is 24.0. The molecule has 0 spiro atoms. The van der Waals surface area contributed by atoms with Crippen LogP contribution in [0.4, 0.5) is 0 Å². The van der Waals surface area contributed by atoms with Crippen LogP contribution < -0.4 is 16.4 Å². The summed E-state index contributed by atoms with van der Waals surface area (Å²) in [5, 5.41) is 7.65. The second kappa shape index (κ2) is 12.4. The quantitative estimate of drug-likeness (QED) is 0.250. The molecular weight excluding hydrogens is 548 g/mol.